The number of carbonyl (C=O) groups is 1. The Labute approximate surface area is 125 Å². The van der Waals surface area contributed by atoms with Gasteiger partial charge in [0.15, 0.2) is 11.6 Å². The number of benzene rings is 1. The van der Waals surface area contributed by atoms with Crippen molar-refractivity contribution >= 4 is 27.5 Å². The van der Waals surface area contributed by atoms with Crippen LogP contribution in [0.4, 0.5) is 14.5 Å². The van der Waals surface area contributed by atoms with Crippen molar-refractivity contribution in [1.82, 2.24) is 5.32 Å². The van der Waals surface area contributed by atoms with Crippen LogP contribution in [0.5, 0.6) is 0 Å². The van der Waals surface area contributed by atoms with Gasteiger partial charge in [-0.2, -0.15) is 0 Å². The van der Waals surface area contributed by atoms with Crippen LogP contribution in [-0.4, -0.2) is 18.5 Å². The van der Waals surface area contributed by atoms with E-state index in [0.29, 0.717) is 16.8 Å². The van der Waals surface area contributed by atoms with Crippen LogP contribution < -0.4 is 10.6 Å². The molecule has 0 bridgehead atoms. The maximum atomic E-state index is 13.7. The molecule has 0 aliphatic carbocycles. The Hall–Kier alpha value is -1.01. The Bertz CT molecular complexity index is 487. The molecule has 1 aliphatic heterocycles. The molecule has 2 rings (SSSR count). The highest BCUT2D eigenvalue weighted by Crippen LogP contribution is 2.25. The molecule has 0 radical (unpaired) electrons. The van der Waals surface area contributed by atoms with Gasteiger partial charge >= 0.3 is 0 Å². The van der Waals surface area contributed by atoms with Crippen molar-refractivity contribution in [1.29, 1.82) is 0 Å². The van der Waals surface area contributed by atoms with Gasteiger partial charge in [-0.3, -0.25) is 4.79 Å². The average molecular weight is 347 g/mol. The number of hydrogen-bond donors (Lipinski definition) is 2. The second-order valence-electron chi connectivity index (χ2n) is 5.04. The lowest BCUT2D eigenvalue weighted by Gasteiger charge is -2.28. The van der Waals surface area contributed by atoms with Gasteiger partial charge in [0.1, 0.15) is 5.69 Å². The summed E-state index contributed by atoms with van der Waals surface area (Å²) in [4.78, 5) is 12.1. The quantitative estimate of drug-likeness (QED) is 0.880. The highest BCUT2D eigenvalue weighted by Gasteiger charge is 2.27. The van der Waals surface area contributed by atoms with Crippen molar-refractivity contribution in [2.75, 3.05) is 11.9 Å². The first-order valence-electron chi connectivity index (χ1n) is 6.70. The van der Waals surface area contributed by atoms with E-state index in [2.05, 4.69) is 33.5 Å². The molecule has 1 aliphatic rings. The summed E-state index contributed by atoms with van der Waals surface area (Å²) in [7, 11) is 0. The Morgan fingerprint density at radius 1 is 1.45 bits per heavy atom. The fourth-order valence-corrected chi connectivity index (χ4v) is 2.84. The molecule has 1 heterocycles. The fraction of sp³-hybridized carbons (Fsp3) is 0.500. The molecule has 2 atom stereocenters. The van der Waals surface area contributed by atoms with Gasteiger partial charge in [0.2, 0.25) is 5.91 Å². The van der Waals surface area contributed by atoms with E-state index in [1.165, 1.54) is 0 Å². The SMILES string of the molecule is CCC1CCNC(C(=O)Nc2c(F)cc(Br)cc2F)C1. The molecule has 1 aromatic rings. The van der Waals surface area contributed by atoms with Crippen LogP contribution in [0.15, 0.2) is 16.6 Å². The highest BCUT2D eigenvalue weighted by atomic mass is 79.9. The van der Waals surface area contributed by atoms with Crippen molar-refractivity contribution in [3.63, 3.8) is 0 Å². The lowest BCUT2D eigenvalue weighted by Crippen LogP contribution is -2.46. The summed E-state index contributed by atoms with van der Waals surface area (Å²) in [6.45, 7) is 2.83. The summed E-state index contributed by atoms with van der Waals surface area (Å²) >= 11 is 3.00. The van der Waals surface area contributed by atoms with Crippen LogP contribution in [0.1, 0.15) is 26.2 Å². The molecule has 2 unspecified atom stereocenters. The van der Waals surface area contributed by atoms with E-state index in [1.54, 1.807) is 0 Å². The molecule has 110 valence electrons. The molecule has 1 aromatic carbocycles. The van der Waals surface area contributed by atoms with Crippen molar-refractivity contribution in [3.05, 3.63) is 28.2 Å². The van der Waals surface area contributed by atoms with Crippen LogP contribution in [0.25, 0.3) is 0 Å². The fourth-order valence-electron chi connectivity index (χ4n) is 2.44. The predicted octanol–water partition coefficient (Wildman–Crippen LogP) is 3.44. The molecule has 20 heavy (non-hydrogen) atoms. The van der Waals surface area contributed by atoms with Crippen LogP contribution in [-0.2, 0) is 4.79 Å². The van der Waals surface area contributed by atoms with Crippen LogP contribution in [0, 0.1) is 17.6 Å². The van der Waals surface area contributed by atoms with Gasteiger partial charge in [-0.05, 0) is 37.4 Å². The number of hydrogen-bond acceptors (Lipinski definition) is 2. The van der Waals surface area contributed by atoms with E-state index >= 15 is 0 Å². The van der Waals surface area contributed by atoms with Gasteiger partial charge in [0, 0.05) is 4.47 Å². The standard InChI is InChI=1S/C14H17BrF2N2O/c1-2-8-3-4-18-12(5-8)14(20)19-13-10(16)6-9(15)7-11(13)17/h6-8,12,18H,2-5H2,1H3,(H,19,20). The van der Waals surface area contributed by atoms with Crippen LogP contribution in [0.3, 0.4) is 0 Å². The average Bonchev–Trinajstić information content (AvgIpc) is 2.42. The highest BCUT2D eigenvalue weighted by molar-refractivity contribution is 9.10. The second kappa shape index (κ2) is 6.63. The molecule has 1 amide bonds. The molecule has 3 nitrogen and oxygen atoms in total. The minimum atomic E-state index is -0.784. The number of carbonyl (C=O) groups excluding carboxylic acids is 1. The largest absolute Gasteiger partial charge is 0.320 e. The Morgan fingerprint density at radius 2 is 2.10 bits per heavy atom. The first kappa shape index (κ1) is 15.4. The lowest BCUT2D eigenvalue weighted by molar-refractivity contribution is -0.119. The maximum absolute atomic E-state index is 13.7. The molecule has 0 spiro atoms. The van der Waals surface area contributed by atoms with Gasteiger partial charge in [-0.15, -0.1) is 0 Å². The summed E-state index contributed by atoms with van der Waals surface area (Å²) in [5.41, 5.74) is -0.390. The summed E-state index contributed by atoms with van der Waals surface area (Å²) in [5.74, 6) is -1.48. The number of amides is 1. The van der Waals surface area contributed by atoms with E-state index in [4.69, 9.17) is 0 Å². The zero-order valence-electron chi connectivity index (χ0n) is 11.2. The van der Waals surface area contributed by atoms with Gasteiger partial charge in [0.25, 0.3) is 0 Å². The molecule has 2 N–H and O–H groups in total. The topological polar surface area (TPSA) is 41.1 Å². The normalized spacial score (nSPS) is 22.6. The van der Waals surface area contributed by atoms with E-state index in [0.717, 1.165) is 31.5 Å². The summed E-state index contributed by atoms with van der Waals surface area (Å²) in [5, 5.41) is 5.44. The molecular formula is C14H17BrF2N2O. The van der Waals surface area contributed by atoms with Crippen molar-refractivity contribution < 1.29 is 13.6 Å². The van der Waals surface area contributed by atoms with Gasteiger partial charge in [-0.25, -0.2) is 8.78 Å². The zero-order chi connectivity index (χ0) is 14.7. The summed E-state index contributed by atoms with van der Waals surface area (Å²) < 4.78 is 27.7. The van der Waals surface area contributed by atoms with Crippen LogP contribution >= 0.6 is 15.9 Å². The molecule has 6 heteroatoms. The molecule has 0 saturated carbocycles. The third-order valence-corrected chi connectivity index (χ3v) is 4.12. The third kappa shape index (κ3) is 3.55. The lowest BCUT2D eigenvalue weighted by atomic mass is 9.90. The molecule has 1 fully saturated rings. The van der Waals surface area contributed by atoms with E-state index in [-0.39, 0.29) is 5.91 Å². The first-order valence-corrected chi connectivity index (χ1v) is 7.49. The maximum Gasteiger partial charge on any atom is 0.241 e. The van der Waals surface area contributed by atoms with Crippen LogP contribution in [0.2, 0.25) is 0 Å². The number of nitrogens with one attached hydrogen (secondary N) is 2. The minimum absolute atomic E-state index is 0.298. The Balaban J connectivity index is 2.08. The Morgan fingerprint density at radius 3 is 2.70 bits per heavy atom. The predicted molar refractivity (Wildman–Crippen MR) is 77.5 cm³/mol. The Kier molecular flexibility index (Phi) is 5.10. The van der Waals surface area contributed by atoms with Crippen molar-refractivity contribution in [2.24, 2.45) is 5.92 Å². The molecule has 0 aromatic heterocycles. The monoisotopic (exact) mass is 346 g/mol. The number of piperidine rings is 1. The van der Waals surface area contributed by atoms with E-state index < -0.39 is 23.4 Å². The smallest absolute Gasteiger partial charge is 0.241 e. The number of halogens is 3. The van der Waals surface area contributed by atoms with Gasteiger partial charge in [-0.1, -0.05) is 29.3 Å². The van der Waals surface area contributed by atoms with E-state index in [9.17, 15) is 13.6 Å². The number of rotatable bonds is 3. The summed E-state index contributed by atoms with van der Waals surface area (Å²) in [6, 6.07) is 1.86. The molecular weight excluding hydrogens is 330 g/mol. The second-order valence-corrected chi connectivity index (χ2v) is 5.95. The molecule has 1 saturated heterocycles. The minimum Gasteiger partial charge on any atom is -0.320 e. The first-order chi connectivity index (χ1) is 9.51. The van der Waals surface area contributed by atoms with Crippen molar-refractivity contribution in [2.45, 2.75) is 32.2 Å². The van der Waals surface area contributed by atoms with Gasteiger partial charge in [0.05, 0.1) is 6.04 Å². The van der Waals surface area contributed by atoms with E-state index in [1.807, 2.05) is 0 Å². The summed E-state index contributed by atoms with van der Waals surface area (Å²) in [6.07, 6.45) is 2.73. The van der Waals surface area contributed by atoms with Crippen molar-refractivity contribution in [3.8, 4) is 0 Å². The van der Waals surface area contributed by atoms with Gasteiger partial charge < -0.3 is 10.6 Å². The third-order valence-electron chi connectivity index (χ3n) is 3.66. The number of anilines is 1. The zero-order valence-corrected chi connectivity index (χ0v) is 12.8.